The zero-order valence-corrected chi connectivity index (χ0v) is 3.66. The second-order valence-electron chi connectivity index (χ2n) is 0.987. The first-order chi connectivity index (χ1) is 3.56. The fraction of sp³-hybridized carbons (Fsp3) is 0.667. The van der Waals surface area contributed by atoms with Gasteiger partial charge in [-0.25, -0.2) is 4.79 Å². The SMILES string of the molecule is O=[C]OCC(F)(F)F.[LiH]. The van der Waals surface area contributed by atoms with Crippen LogP contribution in [0.3, 0.4) is 0 Å². The molecule has 0 aromatic rings. The minimum atomic E-state index is -4.43. The van der Waals surface area contributed by atoms with Crippen LogP contribution in [-0.2, 0) is 9.53 Å². The van der Waals surface area contributed by atoms with Crippen molar-refractivity contribution in [3.63, 3.8) is 0 Å². The maximum absolute atomic E-state index is 10.9. The average Bonchev–Trinajstić information content (AvgIpc) is 1.59. The third-order valence-corrected chi connectivity index (χ3v) is 0.295. The van der Waals surface area contributed by atoms with Crippen LogP contribution in [0.4, 0.5) is 13.2 Å². The van der Waals surface area contributed by atoms with Crippen LogP contribution in [0.2, 0.25) is 0 Å². The van der Waals surface area contributed by atoms with Crippen molar-refractivity contribution < 1.29 is 22.7 Å². The van der Waals surface area contributed by atoms with Gasteiger partial charge in [-0.15, -0.1) is 0 Å². The molecule has 0 rings (SSSR count). The van der Waals surface area contributed by atoms with Crippen molar-refractivity contribution in [2.45, 2.75) is 6.18 Å². The van der Waals surface area contributed by atoms with Gasteiger partial charge in [0.05, 0.1) is 0 Å². The normalized spacial score (nSPS) is 9.67. The summed E-state index contributed by atoms with van der Waals surface area (Å²) < 4.78 is 36.1. The quantitative estimate of drug-likeness (QED) is 0.497. The molecule has 0 spiro atoms. The molecular formula is C3H3F3LiO2. The molecule has 0 saturated heterocycles. The fourth-order valence-corrected chi connectivity index (χ4v) is 0.111. The predicted molar refractivity (Wildman–Crippen MR) is 24.8 cm³/mol. The van der Waals surface area contributed by atoms with Crippen LogP contribution >= 0.6 is 0 Å². The van der Waals surface area contributed by atoms with Crippen LogP contribution in [0.5, 0.6) is 0 Å². The van der Waals surface area contributed by atoms with Crippen LogP contribution in [0.1, 0.15) is 0 Å². The Morgan fingerprint density at radius 1 is 1.44 bits per heavy atom. The summed E-state index contributed by atoms with van der Waals surface area (Å²) in [5.74, 6) is 0. The van der Waals surface area contributed by atoms with Crippen LogP contribution in [-0.4, -0.2) is 38.1 Å². The summed E-state index contributed by atoms with van der Waals surface area (Å²) in [5.41, 5.74) is 0. The van der Waals surface area contributed by atoms with Gasteiger partial charge in [0.25, 0.3) is 0 Å². The average molecular weight is 135 g/mol. The molecule has 0 aromatic carbocycles. The van der Waals surface area contributed by atoms with Crippen molar-refractivity contribution in [2.24, 2.45) is 0 Å². The van der Waals surface area contributed by atoms with Gasteiger partial charge < -0.3 is 4.74 Å². The molecule has 49 valence electrons. The van der Waals surface area contributed by atoms with Gasteiger partial charge in [0, 0.05) is 0 Å². The van der Waals surface area contributed by atoms with Crippen LogP contribution < -0.4 is 0 Å². The van der Waals surface area contributed by atoms with E-state index in [0.29, 0.717) is 6.47 Å². The van der Waals surface area contributed by atoms with Crippen molar-refractivity contribution in [1.29, 1.82) is 0 Å². The standard InChI is InChI=1S/C3H2F3O2.Li.H/c4-3(5,6)1-8-2-7;;/h1H2;;. The summed E-state index contributed by atoms with van der Waals surface area (Å²) in [4.78, 5) is 9.00. The van der Waals surface area contributed by atoms with Gasteiger partial charge in [-0.1, -0.05) is 0 Å². The van der Waals surface area contributed by atoms with Gasteiger partial charge in [-0.05, 0) is 0 Å². The molecule has 0 aliphatic carbocycles. The van der Waals surface area contributed by atoms with Crippen molar-refractivity contribution in [3.05, 3.63) is 0 Å². The second kappa shape index (κ2) is 4.71. The molecule has 0 bridgehead atoms. The summed E-state index contributed by atoms with van der Waals surface area (Å²) in [6.45, 7) is -0.905. The molecule has 0 N–H and O–H groups in total. The molecule has 0 unspecified atom stereocenters. The fourth-order valence-electron chi connectivity index (χ4n) is 0.111. The van der Waals surface area contributed by atoms with Gasteiger partial charge in [0.1, 0.15) is 0 Å². The molecule has 0 atom stereocenters. The first-order valence-electron chi connectivity index (χ1n) is 1.62. The number of hydrogen-bond donors (Lipinski definition) is 0. The molecule has 9 heavy (non-hydrogen) atoms. The summed E-state index contributed by atoms with van der Waals surface area (Å²) in [7, 11) is 0. The number of alkyl halides is 3. The summed E-state index contributed by atoms with van der Waals surface area (Å²) in [6.07, 6.45) is -4.43. The van der Waals surface area contributed by atoms with E-state index in [1.165, 1.54) is 0 Å². The number of carbonyl (C=O) groups excluding carboxylic acids is 1. The van der Waals surface area contributed by atoms with E-state index in [1.54, 1.807) is 0 Å². The van der Waals surface area contributed by atoms with Crippen LogP contribution in [0.25, 0.3) is 0 Å². The minimum absolute atomic E-state index is 0. The van der Waals surface area contributed by atoms with Crippen molar-refractivity contribution in [2.75, 3.05) is 6.61 Å². The second-order valence-corrected chi connectivity index (χ2v) is 0.987. The Morgan fingerprint density at radius 2 is 1.89 bits per heavy atom. The molecule has 2 nitrogen and oxygen atoms in total. The summed E-state index contributed by atoms with van der Waals surface area (Å²) >= 11 is 0. The van der Waals surface area contributed by atoms with Gasteiger partial charge in [0.15, 0.2) is 6.61 Å². The first-order valence-corrected chi connectivity index (χ1v) is 1.62. The topological polar surface area (TPSA) is 26.3 Å². The predicted octanol–water partition coefficient (Wildman–Crippen LogP) is -0.0160. The Morgan fingerprint density at radius 3 is 2.00 bits per heavy atom. The Bertz CT molecular complexity index is 81.6. The van der Waals surface area contributed by atoms with Gasteiger partial charge in [-0.2, -0.15) is 13.2 Å². The molecule has 0 saturated carbocycles. The zero-order valence-electron chi connectivity index (χ0n) is 3.66. The van der Waals surface area contributed by atoms with Crippen molar-refractivity contribution in [1.82, 2.24) is 0 Å². The first kappa shape index (κ1) is 11.6. The molecule has 6 heteroatoms. The van der Waals surface area contributed by atoms with E-state index in [2.05, 4.69) is 4.74 Å². The van der Waals surface area contributed by atoms with E-state index < -0.39 is 12.8 Å². The maximum atomic E-state index is 10.9. The summed E-state index contributed by atoms with van der Waals surface area (Å²) in [6, 6.07) is 0. The van der Waals surface area contributed by atoms with E-state index in [-0.39, 0.29) is 18.9 Å². The summed E-state index contributed by atoms with van der Waals surface area (Å²) in [5, 5.41) is 0. The van der Waals surface area contributed by atoms with E-state index in [4.69, 9.17) is 4.79 Å². The van der Waals surface area contributed by atoms with E-state index in [0.717, 1.165) is 0 Å². The molecule has 0 heterocycles. The number of ether oxygens (including phenoxy) is 1. The van der Waals surface area contributed by atoms with E-state index in [1.807, 2.05) is 0 Å². The van der Waals surface area contributed by atoms with E-state index in [9.17, 15) is 13.2 Å². The number of rotatable bonds is 2. The monoisotopic (exact) mass is 135 g/mol. The van der Waals surface area contributed by atoms with Gasteiger partial charge in [-0.3, -0.25) is 0 Å². The third-order valence-electron chi connectivity index (χ3n) is 0.295. The van der Waals surface area contributed by atoms with Gasteiger partial charge in [0.2, 0.25) is 0 Å². The molecule has 0 fully saturated rings. The van der Waals surface area contributed by atoms with Crippen LogP contribution in [0.15, 0.2) is 0 Å². The third kappa shape index (κ3) is 11.4. The zero-order chi connectivity index (χ0) is 6.62. The molecular weight excluding hydrogens is 132 g/mol. The van der Waals surface area contributed by atoms with Crippen molar-refractivity contribution in [3.8, 4) is 0 Å². The number of halogens is 3. The molecule has 0 aliphatic rings. The molecule has 1 radical (unpaired) electrons. The molecule has 0 aromatic heterocycles. The Kier molecular flexibility index (Phi) is 6.09. The molecule has 0 amide bonds. The van der Waals surface area contributed by atoms with Crippen molar-refractivity contribution >= 4 is 25.3 Å². The number of hydrogen-bond acceptors (Lipinski definition) is 2. The van der Waals surface area contributed by atoms with Crippen LogP contribution in [0, 0.1) is 0 Å². The Balaban J connectivity index is 0. The Hall–Kier alpha value is -0.143. The van der Waals surface area contributed by atoms with E-state index >= 15 is 0 Å². The Labute approximate surface area is 61.5 Å². The molecule has 0 aliphatic heterocycles. The van der Waals surface area contributed by atoms with Gasteiger partial charge >= 0.3 is 31.5 Å².